The van der Waals surface area contributed by atoms with E-state index in [2.05, 4.69) is 216 Å². The molecule has 12 aromatic rings. The number of para-hydroxylation sites is 2. The van der Waals surface area contributed by atoms with Gasteiger partial charge in [-0.15, -0.1) is 0 Å². The monoisotopic (exact) mass is 752 g/mol. The number of benzene rings is 10. The van der Waals surface area contributed by atoms with E-state index in [1.54, 1.807) is 0 Å². The topological polar surface area (TPSA) is 21.3 Å². The summed E-state index contributed by atoms with van der Waals surface area (Å²) in [5.74, 6) is 0. The van der Waals surface area contributed by atoms with E-state index in [1.807, 2.05) is 12.1 Å². The Morgan fingerprint density at radius 3 is 1.59 bits per heavy atom. The fourth-order valence-corrected chi connectivity index (χ4v) is 9.18. The van der Waals surface area contributed by atoms with E-state index >= 15 is 0 Å². The lowest BCUT2D eigenvalue weighted by atomic mass is 9.98. The molecule has 3 heteroatoms. The first-order valence-corrected chi connectivity index (χ1v) is 20.2. The molecule has 0 radical (unpaired) electrons. The first-order chi connectivity index (χ1) is 29.2. The third-order valence-electron chi connectivity index (χ3n) is 12.0. The van der Waals surface area contributed by atoms with Gasteiger partial charge in [0.25, 0.3) is 0 Å². The molecule has 2 aromatic heterocycles. The van der Waals surface area contributed by atoms with E-state index in [-0.39, 0.29) is 0 Å². The van der Waals surface area contributed by atoms with Gasteiger partial charge >= 0.3 is 0 Å². The van der Waals surface area contributed by atoms with Crippen LogP contribution in [0.3, 0.4) is 0 Å². The van der Waals surface area contributed by atoms with Crippen molar-refractivity contribution in [2.24, 2.45) is 0 Å². The number of anilines is 3. The van der Waals surface area contributed by atoms with E-state index in [9.17, 15) is 0 Å². The zero-order valence-corrected chi connectivity index (χ0v) is 32.1. The van der Waals surface area contributed by atoms with Crippen LogP contribution in [-0.2, 0) is 0 Å². The highest BCUT2D eigenvalue weighted by atomic mass is 16.3. The summed E-state index contributed by atoms with van der Waals surface area (Å²) in [5.41, 5.74) is 13.4. The largest absolute Gasteiger partial charge is 0.456 e. The maximum Gasteiger partial charge on any atom is 0.135 e. The van der Waals surface area contributed by atoms with Gasteiger partial charge in [-0.05, 0) is 93.7 Å². The predicted molar refractivity (Wildman–Crippen MR) is 249 cm³/mol. The summed E-state index contributed by atoms with van der Waals surface area (Å²) < 4.78 is 8.59. The first kappa shape index (κ1) is 33.3. The lowest BCUT2D eigenvalue weighted by Crippen LogP contribution is -2.11. The Labute approximate surface area is 341 Å². The zero-order chi connectivity index (χ0) is 38.9. The molecule has 0 saturated carbocycles. The normalized spacial score (nSPS) is 11.7. The second-order valence-electron chi connectivity index (χ2n) is 15.3. The van der Waals surface area contributed by atoms with E-state index < -0.39 is 0 Å². The SMILES string of the molecule is c1cc(-c2ccc(-c3ccc4c5ccccc5n(-c5ccc6oc7ccccc7c6c5)c4c3)cc2)cc(N(c2cccc3ccccc23)c2cccc3ccccc23)c1. The van der Waals surface area contributed by atoms with E-state index in [4.69, 9.17) is 4.42 Å². The number of hydrogen-bond donors (Lipinski definition) is 0. The van der Waals surface area contributed by atoms with Gasteiger partial charge in [-0.25, -0.2) is 0 Å². The van der Waals surface area contributed by atoms with Crippen molar-refractivity contribution >= 4 is 82.4 Å². The lowest BCUT2D eigenvalue weighted by Gasteiger charge is -2.28. The van der Waals surface area contributed by atoms with Gasteiger partial charge in [-0.1, -0.05) is 158 Å². The van der Waals surface area contributed by atoms with Crippen LogP contribution in [-0.4, -0.2) is 4.57 Å². The van der Waals surface area contributed by atoms with Gasteiger partial charge in [-0.3, -0.25) is 0 Å². The Balaban J connectivity index is 0.952. The minimum absolute atomic E-state index is 0.900. The molecule has 59 heavy (non-hydrogen) atoms. The van der Waals surface area contributed by atoms with Crippen molar-refractivity contribution in [2.45, 2.75) is 0 Å². The Kier molecular flexibility index (Phi) is 7.54. The average molecular weight is 753 g/mol. The molecule has 0 atom stereocenters. The number of aromatic nitrogens is 1. The molecule has 0 aliphatic heterocycles. The summed E-state index contributed by atoms with van der Waals surface area (Å²) in [6.07, 6.45) is 0. The van der Waals surface area contributed by atoms with Crippen LogP contribution in [0.25, 0.3) is 93.2 Å². The molecule has 0 amide bonds. The molecule has 3 nitrogen and oxygen atoms in total. The molecule has 12 rings (SSSR count). The molecular formula is C56H36N2O. The number of rotatable bonds is 6. The van der Waals surface area contributed by atoms with Gasteiger partial charge in [0.15, 0.2) is 0 Å². The third-order valence-corrected chi connectivity index (χ3v) is 12.0. The van der Waals surface area contributed by atoms with Crippen molar-refractivity contribution in [1.82, 2.24) is 4.57 Å². The maximum absolute atomic E-state index is 6.20. The summed E-state index contributed by atoms with van der Waals surface area (Å²) in [6.45, 7) is 0. The van der Waals surface area contributed by atoms with Gasteiger partial charge in [-0.2, -0.15) is 0 Å². The fraction of sp³-hybridized carbons (Fsp3) is 0. The van der Waals surface area contributed by atoms with E-state index in [1.165, 1.54) is 60.0 Å². The molecule has 10 aromatic carbocycles. The molecule has 0 aliphatic rings. The molecular weight excluding hydrogens is 717 g/mol. The average Bonchev–Trinajstić information content (AvgIpc) is 3.84. The molecule has 0 saturated heterocycles. The van der Waals surface area contributed by atoms with E-state index in [0.717, 1.165) is 50.3 Å². The standard InChI is InChI=1S/C56H36N2O/c1-3-18-45-39(12-1)14-10-23-51(45)57(52-24-11-15-40-13-2-4-19-46(40)52)43-17-9-16-41(34-43)37-26-28-38(29-27-37)42-30-32-48-47-20-5-7-22-53(47)58(54(48)35-42)44-31-33-56-50(36-44)49-21-6-8-25-55(49)59-56/h1-36H. The molecule has 2 heterocycles. The van der Waals surface area contributed by atoms with Crippen molar-refractivity contribution in [2.75, 3.05) is 4.90 Å². The summed E-state index contributed by atoms with van der Waals surface area (Å²) >= 11 is 0. The predicted octanol–water partition coefficient (Wildman–Crippen LogP) is 15.8. The Hall–Kier alpha value is -7.88. The van der Waals surface area contributed by atoms with Crippen LogP contribution >= 0.6 is 0 Å². The highest BCUT2D eigenvalue weighted by molar-refractivity contribution is 6.11. The fourth-order valence-electron chi connectivity index (χ4n) is 9.18. The zero-order valence-electron chi connectivity index (χ0n) is 32.1. The van der Waals surface area contributed by atoms with Crippen molar-refractivity contribution in [1.29, 1.82) is 0 Å². The van der Waals surface area contributed by atoms with Crippen LogP contribution in [0.15, 0.2) is 223 Å². The highest BCUT2D eigenvalue weighted by Gasteiger charge is 2.19. The minimum atomic E-state index is 0.900. The van der Waals surface area contributed by atoms with Crippen molar-refractivity contribution < 1.29 is 4.42 Å². The van der Waals surface area contributed by atoms with Crippen molar-refractivity contribution in [3.63, 3.8) is 0 Å². The van der Waals surface area contributed by atoms with Crippen LogP contribution < -0.4 is 4.90 Å². The van der Waals surface area contributed by atoms with Crippen LogP contribution in [0.4, 0.5) is 17.1 Å². The minimum Gasteiger partial charge on any atom is -0.456 e. The summed E-state index contributed by atoms with van der Waals surface area (Å²) in [7, 11) is 0. The van der Waals surface area contributed by atoms with Gasteiger partial charge in [0, 0.05) is 43.7 Å². The number of fused-ring (bicyclic) bond motifs is 8. The number of hydrogen-bond acceptors (Lipinski definition) is 2. The van der Waals surface area contributed by atoms with Gasteiger partial charge in [0.2, 0.25) is 0 Å². The lowest BCUT2D eigenvalue weighted by molar-refractivity contribution is 0.669. The van der Waals surface area contributed by atoms with Crippen LogP contribution in [0, 0.1) is 0 Å². The molecule has 0 fully saturated rings. The second kappa shape index (κ2) is 13.4. The maximum atomic E-state index is 6.20. The van der Waals surface area contributed by atoms with Gasteiger partial charge < -0.3 is 13.9 Å². The first-order valence-electron chi connectivity index (χ1n) is 20.2. The molecule has 0 bridgehead atoms. The second-order valence-corrected chi connectivity index (χ2v) is 15.3. The summed E-state index contributed by atoms with van der Waals surface area (Å²) in [5, 5.41) is 9.58. The molecule has 0 N–H and O–H groups in total. The molecule has 0 unspecified atom stereocenters. The number of furan rings is 1. The third kappa shape index (κ3) is 5.44. The summed E-state index contributed by atoms with van der Waals surface area (Å²) in [6, 6.07) is 78.9. The smallest absolute Gasteiger partial charge is 0.135 e. The van der Waals surface area contributed by atoms with Gasteiger partial charge in [0.1, 0.15) is 11.2 Å². The quantitative estimate of drug-likeness (QED) is 0.169. The summed E-state index contributed by atoms with van der Waals surface area (Å²) in [4.78, 5) is 2.42. The van der Waals surface area contributed by atoms with Crippen molar-refractivity contribution in [3.05, 3.63) is 218 Å². The molecule has 276 valence electrons. The van der Waals surface area contributed by atoms with Crippen molar-refractivity contribution in [3.8, 4) is 27.9 Å². The van der Waals surface area contributed by atoms with Crippen LogP contribution in [0.5, 0.6) is 0 Å². The Bertz CT molecular complexity index is 3480. The van der Waals surface area contributed by atoms with Gasteiger partial charge in [0.05, 0.1) is 22.4 Å². The Morgan fingerprint density at radius 2 is 0.864 bits per heavy atom. The van der Waals surface area contributed by atoms with E-state index in [0.29, 0.717) is 0 Å². The molecule has 0 spiro atoms. The Morgan fingerprint density at radius 1 is 0.322 bits per heavy atom. The van der Waals surface area contributed by atoms with Crippen LogP contribution in [0.2, 0.25) is 0 Å². The highest BCUT2D eigenvalue weighted by Crippen LogP contribution is 2.43. The van der Waals surface area contributed by atoms with Crippen LogP contribution in [0.1, 0.15) is 0 Å². The molecule has 0 aliphatic carbocycles. The number of nitrogens with zero attached hydrogens (tertiary/aromatic N) is 2.